The summed E-state index contributed by atoms with van der Waals surface area (Å²) in [6.07, 6.45) is -0.360. The van der Waals surface area contributed by atoms with Crippen molar-refractivity contribution in [3.63, 3.8) is 0 Å². The predicted molar refractivity (Wildman–Crippen MR) is 98.4 cm³/mol. The molecule has 2 N–H and O–H groups in total. The molecule has 2 rings (SSSR count). The number of hydrogen-bond acceptors (Lipinski definition) is 6. The van der Waals surface area contributed by atoms with Gasteiger partial charge in [0.05, 0.1) is 10.6 Å². The highest BCUT2D eigenvalue weighted by atomic mass is 32.2. The van der Waals surface area contributed by atoms with Crippen molar-refractivity contribution < 1.29 is 14.5 Å². The molecule has 0 radical (unpaired) electrons. The first kappa shape index (κ1) is 19.8. The number of hydrogen-bond donors (Lipinski definition) is 1. The molecule has 0 bridgehead atoms. The summed E-state index contributed by atoms with van der Waals surface area (Å²) in [4.78, 5) is 26.8. The van der Waals surface area contributed by atoms with Crippen molar-refractivity contribution in [2.24, 2.45) is 5.73 Å². The number of ether oxygens (including phenoxy) is 1. The Morgan fingerprint density at radius 2 is 2.19 bits per heavy atom. The molecule has 140 valence electrons. The van der Waals surface area contributed by atoms with Gasteiger partial charge >= 0.3 is 6.09 Å². The van der Waals surface area contributed by atoms with Crippen LogP contribution in [0.3, 0.4) is 0 Å². The molecule has 0 unspecified atom stereocenters. The van der Waals surface area contributed by atoms with E-state index in [4.69, 9.17) is 15.5 Å². The molecular weight excluding hydrogens is 356 g/mol. The zero-order valence-electron chi connectivity index (χ0n) is 15.0. The maximum atomic E-state index is 11.0. The monoisotopic (exact) mass is 378 g/mol. The van der Waals surface area contributed by atoms with Crippen LogP contribution in [0.2, 0.25) is 0 Å². The molecule has 0 saturated carbocycles. The fourth-order valence-electron chi connectivity index (χ4n) is 2.52. The third-order valence-electron chi connectivity index (χ3n) is 3.70. The molecule has 0 aliphatic rings. The Hall–Kier alpha value is -2.55. The van der Waals surface area contributed by atoms with E-state index in [1.165, 1.54) is 17.8 Å². The second-order valence-corrected chi connectivity index (χ2v) is 6.95. The fourth-order valence-corrected chi connectivity index (χ4v) is 3.80. The minimum Gasteiger partial charge on any atom is -0.449 e. The van der Waals surface area contributed by atoms with Crippen LogP contribution in [0, 0.1) is 10.1 Å². The van der Waals surface area contributed by atoms with Crippen LogP contribution in [0.4, 0.5) is 10.5 Å². The number of nitrogens with zero attached hydrogens (tertiary/aromatic N) is 3. The van der Waals surface area contributed by atoms with Crippen LogP contribution in [0.25, 0.3) is 0 Å². The standard InChI is InChI=1S/C17H22N4O4S/c1-4-20-14(8-9-25-17(18)22)19-15(11(2)3)16(20)26-13-7-5-6-12(10-13)21(23)24/h5-7,10-11H,4,8-9H2,1-3H3,(H2,18,22). The second-order valence-electron chi connectivity index (χ2n) is 5.89. The van der Waals surface area contributed by atoms with E-state index in [0.717, 1.165) is 21.4 Å². The van der Waals surface area contributed by atoms with Crippen molar-refractivity contribution >= 4 is 23.5 Å². The lowest BCUT2D eigenvalue weighted by Gasteiger charge is -2.11. The number of aromatic nitrogens is 2. The Bertz CT molecular complexity index is 804. The number of nitro groups is 1. The lowest BCUT2D eigenvalue weighted by molar-refractivity contribution is -0.385. The summed E-state index contributed by atoms with van der Waals surface area (Å²) in [5, 5.41) is 12.0. The molecule has 26 heavy (non-hydrogen) atoms. The number of rotatable bonds is 8. The number of nitrogens with two attached hydrogens (primary N) is 1. The fraction of sp³-hybridized carbons (Fsp3) is 0.412. The second kappa shape index (κ2) is 8.70. The van der Waals surface area contributed by atoms with E-state index in [-0.39, 0.29) is 18.2 Å². The Morgan fingerprint density at radius 3 is 2.77 bits per heavy atom. The van der Waals surface area contributed by atoms with Gasteiger partial charge in [-0.2, -0.15) is 0 Å². The average molecular weight is 378 g/mol. The quantitative estimate of drug-likeness (QED) is 0.553. The Morgan fingerprint density at radius 1 is 1.46 bits per heavy atom. The molecule has 0 saturated heterocycles. The number of non-ortho nitro benzene ring substituents is 1. The summed E-state index contributed by atoms with van der Waals surface area (Å²) in [5.41, 5.74) is 5.97. The van der Waals surface area contributed by atoms with Crippen molar-refractivity contribution in [2.75, 3.05) is 6.61 Å². The summed E-state index contributed by atoms with van der Waals surface area (Å²) in [7, 11) is 0. The van der Waals surface area contributed by atoms with E-state index >= 15 is 0 Å². The molecular formula is C17H22N4O4S. The molecule has 8 nitrogen and oxygen atoms in total. The molecule has 1 amide bonds. The van der Waals surface area contributed by atoms with Crippen LogP contribution in [-0.4, -0.2) is 27.2 Å². The van der Waals surface area contributed by atoms with Gasteiger partial charge in [-0.15, -0.1) is 0 Å². The van der Waals surface area contributed by atoms with E-state index < -0.39 is 11.0 Å². The molecule has 0 spiro atoms. The van der Waals surface area contributed by atoms with Gasteiger partial charge in [0.15, 0.2) is 0 Å². The molecule has 0 aliphatic carbocycles. The van der Waals surface area contributed by atoms with Gasteiger partial charge < -0.3 is 15.0 Å². The van der Waals surface area contributed by atoms with Crippen LogP contribution in [0.5, 0.6) is 0 Å². The van der Waals surface area contributed by atoms with Gasteiger partial charge in [0.1, 0.15) is 17.5 Å². The molecule has 0 atom stereocenters. The van der Waals surface area contributed by atoms with Crippen LogP contribution in [0.1, 0.15) is 38.2 Å². The van der Waals surface area contributed by atoms with Gasteiger partial charge in [0, 0.05) is 30.0 Å². The molecule has 1 aromatic carbocycles. The van der Waals surface area contributed by atoms with E-state index in [2.05, 4.69) is 0 Å². The van der Waals surface area contributed by atoms with E-state index in [0.29, 0.717) is 13.0 Å². The molecule has 9 heteroatoms. The number of amides is 1. The van der Waals surface area contributed by atoms with Crippen molar-refractivity contribution in [3.8, 4) is 0 Å². The number of carbonyl (C=O) groups is 1. The molecule has 1 aromatic heterocycles. The molecule has 2 aromatic rings. The summed E-state index contributed by atoms with van der Waals surface area (Å²) in [6, 6.07) is 6.53. The Balaban J connectivity index is 2.36. The number of imidazole rings is 1. The first-order valence-corrected chi connectivity index (χ1v) is 9.09. The number of nitro benzene ring substituents is 1. The summed E-state index contributed by atoms with van der Waals surface area (Å²) in [6.45, 7) is 6.93. The van der Waals surface area contributed by atoms with Gasteiger partial charge in [0.25, 0.3) is 5.69 Å². The summed E-state index contributed by atoms with van der Waals surface area (Å²) >= 11 is 1.45. The highest BCUT2D eigenvalue weighted by Gasteiger charge is 2.20. The average Bonchev–Trinajstić information content (AvgIpc) is 2.92. The summed E-state index contributed by atoms with van der Waals surface area (Å²) < 4.78 is 6.86. The SMILES string of the molecule is CCn1c(CCOC(N)=O)nc(C(C)C)c1Sc1cccc([N+](=O)[O-])c1. The maximum absolute atomic E-state index is 11.0. The van der Waals surface area contributed by atoms with Gasteiger partial charge in [-0.1, -0.05) is 31.7 Å². The largest absolute Gasteiger partial charge is 0.449 e. The number of benzene rings is 1. The lowest BCUT2D eigenvalue weighted by atomic mass is 10.1. The van der Waals surface area contributed by atoms with Crippen molar-refractivity contribution in [1.29, 1.82) is 0 Å². The maximum Gasteiger partial charge on any atom is 0.404 e. The van der Waals surface area contributed by atoms with Crippen molar-refractivity contribution in [3.05, 3.63) is 45.9 Å². The van der Waals surface area contributed by atoms with Gasteiger partial charge in [-0.3, -0.25) is 10.1 Å². The Labute approximate surface area is 155 Å². The van der Waals surface area contributed by atoms with Gasteiger partial charge in [-0.05, 0) is 18.9 Å². The highest BCUT2D eigenvalue weighted by molar-refractivity contribution is 7.99. The predicted octanol–water partition coefficient (Wildman–Crippen LogP) is 3.72. The minimum absolute atomic E-state index is 0.0544. The third kappa shape index (κ3) is 4.75. The van der Waals surface area contributed by atoms with Crippen LogP contribution < -0.4 is 5.73 Å². The van der Waals surface area contributed by atoms with Gasteiger partial charge in [-0.25, -0.2) is 9.78 Å². The highest BCUT2D eigenvalue weighted by Crippen LogP contribution is 2.36. The normalized spacial score (nSPS) is 10.9. The molecule has 1 heterocycles. The minimum atomic E-state index is -0.810. The number of primary amides is 1. The zero-order valence-corrected chi connectivity index (χ0v) is 15.8. The van der Waals surface area contributed by atoms with E-state index in [9.17, 15) is 14.9 Å². The van der Waals surface area contributed by atoms with E-state index in [1.807, 2.05) is 31.4 Å². The molecule has 0 aliphatic heterocycles. The van der Waals surface area contributed by atoms with Crippen LogP contribution >= 0.6 is 11.8 Å². The summed E-state index contributed by atoms with van der Waals surface area (Å²) in [5.74, 6) is 0.977. The van der Waals surface area contributed by atoms with Crippen LogP contribution in [0.15, 0.2) is 34.2 Å². The first-order valence-electron chi connectivity index (χ1n) is 8.27. The van der Waals surface area contributed by atoms with Crippen LogP contribution in [-0.2, 0) is 17.7 Å². The smallest absolute Gasteiger partial charge is 0.404 e. The third-order valence-corrected chi connectivity index (χ3v) is 4.81. The van der Waals surface area contributed by atoms with Crippen molar-refractivity contribution in [1.82, 2.24) is 9.55 Å². The lowest BCUT2D eigenvalue weighted by Crippen LogP contribution is -2.16. The molecule has 0 fully saturated rings. The Kier molecular flexibility index (Phi) is 6.62. The number of carbonyl (C=O) groups excluding carboxylic acids is 1. The van der Waals surface area contributed by atoms with Gasteiger partial charge in [0.2, 0.25) is 0 Å². The van der Waals surface area contributed by atoms with E-state index in [1.54, 1.807) is 12.1 Å². The zero-order chi connectivity index (χ0) is 19.3. The van der Waals surface area contributed by atoms with Crippen molar-refractivity contribution in [2.45, 2.75) is 49.6 Å². The topological polar surface area (TPSA) is 113 Å². The first-order chi connectivity index (χ1) is 12.3.